The van der Waals surface area contributed by atoms with Crippen LogP contribution in [0.3, 0.4) is 0 Å². The molecule has 20 heavy (non-hydrogen) atoms. The summed E-state index contributed by atoms with van der Waals surface area (Å²) in [5.74, 6) is -1.99. The summed E-state index contributed by atoms with van der Waals surface area (Å²) < 4.78 is 39.4. The zero-order chi connectivity index (χ0) is 14.8. The number of halogens is 1. The molecule has 5 nitrogen and oxygen atoms in total. The number of carbonyl (C=O) groups is 1. The normalized spacial score (nSPS) is 22.2. The van der Waals surface area contributed by atoms with Crippen molar-refractivity contribution in [2.45, 2.75) is 25.3 Å². The Morgan fingerprint density at radius 1 is 1.35 bits per heavy atom. The zero-order valence-electron chi connectivity index (χ0n) is 10.8. The topological polar surface area (TPSA) is 83.5 Å². The molecule has 2 rings (SSSR count). The average molecular weight is 301 g/mol. The van der Waals surface area contributed by atoms with Crippen molar-refractivity contribution in [1.82, 2.24) is 4.72 Å². The van der Waals surface area contributed by atoms with E-state index in [0.717, 1.165) is 0 Å². The second-order valence-electron chi connectivity index (χ2n) is 4.98. The smallest absolute Gasteiger partial charge is 0.306 e. The van der Waals surface area contributed by atoms with E-state index in [-0.39, 0.29) is 18.2 Å². The SMILES string of the molecule is O=C(O)C1CC(NS(=O)(=O)CCc2ccccc2F)C1. The van der Waals surface area contributed by atoms with E-state index in [0.29, 0.717) is 18.4 Å². The van der Waals surface area contributed by atoms with Crippen LogP contribution in [0.2, 0.25) is 0 Å². The van der Waals surface area contributed by atoms with Gasteiger partial charge in [0, 0.05) is 6.04 Å². The van der Waals surface area contributed by atoms with Gasteiger partial charge in [-0.2, -0.15) is 0 Å². The number of carboxylic acid groups (broad SMARTS) is 1. The van der Waals surface area contributed by atoms with Crippen LogP contribution < -0.4 is 4.72 Å². The van der Waals surface area contributed by atoms with Gasteiger partial charge in [0.15, 0.2) is 0 Å². The van der Waals surface area contributed by atoms with E-state index < -0.39 is 27.7 Å². The van der Waals surface area contributed by atoms with Crippen LogP contribution in [0.1, 0.15) is 18.4 Å². The largest absolute Gasteiger partial charge is 0.481 e. The molecule has 0 aromatic heterocycles. The van der Waals surface area contributed by atoms with Gasteiger partial charge in [0.1, 0.15) is 5.82 Å². The Labute approximate surface area is 116 Å². The first-order valence-electron chi connectivity index (χ1n) is 6.33. The van der Waals surface area contributed by atoms with E-state index in [1.807, 2.05) is 0 Å². The van der Waals surface area contributed by atoms with Crippen molar-refractivity contribution in [2.24, 2.45) is 5.92 Å². The molecule has 1 aliphatic rings. The van der Waals surface area contributed by atoms with E-state index in [2.05, 4.69) is 4.72 Å². The molecule has 7 heteroatoms. The summed E-state index contributed by atoms with van der Waals surface area (Å²) in [5.41, 5.74) is 0.356. The average Bonchev–Trinajstić information content (AvgIpc) is 2.32. The van der Waals surface area contributed by atoms with Gasteiger partial charge in [-0.3, -0.25) is 4.79 Å². The van der Waals surface area contributed by atoms with Crippen LogP contribution in [-0.4, -0.2) is 31.3 Å². The predicted molar refractivity (Wildman–Crippen MR) is 71.2 cm³/mol. The van der Waals surface area contributed by atoms with Crippen molar-refractivity contribution in [3.8, 4) is 0 Å². The number of sulfonamides is 1. The molecular weight excluding hydrogens is 285 g/mol. The third-order valence-electron chi connectivity index (χ3n) is 3.43. The molecule has 0 aliphatic heterocycles. The van der Waals surface area contributed by atoms with Gasteiger partial charge in [-0.05, 0) is 30.9 Å². The molecule has 0 amide bonds. The van der Waals surface area contributed by atoms with Crippen LogP contribution >= 0.6 is 0 Å². The second-order valence-corrected chi connectivity index (χ2v) is 6.86. The van der Waals surface area contributed by atoms with Crippen molar-refractivity contribution < 1.29 is 22.7 Å². The maximum atomic E-state index is 13.4. The summed E-state index contributed by atoms with van der Waals surface area (Å²) in [4.78, 5) is 10.6. The van der Waals surface area contributed by atoms with Gasteiger partial charge in [-0.1, -0.05) is 18.2 Å². The van der Waals surface area contributed by atoms with Crippen LogP contribution in [0.25, 0.3) is 0 Å². The maximum absolute atomic E-state index is 13.4. The Bertz CT molecular complexity index is 596. The van der Waals surface area contributed by atoms with Crippen LogP contribution in [0.5, 0.6) is 0 Å². The van der Waals surface area contributed by atoms with Crippen LogP contribution in [-0.2, 0) is 21.2 Å². The van der Waals surface area contributed by atoms with Crippen LogP contribution in [0.15, 0.2) is 24.3 Å². The highest BCUT2D eigenvalue weighted by molar-refractivity contribution is 7.89. The number of benzene rings is 1. The van der Waals surface area contributed by atoms with Gasteiger partial charge >= 0.3 is 5.97 Å². The molecule has 0 heterocycles. The quantitative estimate of drug-likeness (QED) is 0.825. The zero-order valence-corrected chi connectivity index (χ0v) is 11.6. The second kappa shape index (κ2) is 5.88. The number of hydrogen-bond acceptors (Lipinski definition) is 3. The Morgan fingerprint density at radius 2 is 2.00 bits per heavy atom. The summed E-state index contributed by atoms with van der Waals surface area (Å²) in [5, 5.41) is 8.71. The highest BCUT2D eigenvalue weighted by atomic mass is 32.2. The van der Waals surface area contributed by atoms with E-state index in [1.165, 1.54) is 6.07 Å². The standard InChI is InChI=1S/C13H16FNO4S/c14-12-4-2-1-3-9(12)5-6-20(18,19)15-11-7-10(8-11)13(16)17/h1-4,10-11,15H,5-8H2,(H,16,17). The fraction of sp³-hybridized carbons (Fsp3) is 0.462. The maximum Gasteiger partial charge on any atom is 0.306 e. The lowest BCUT2D eigenvalue weighted by Crippen LogP contribution is -2.47. The van der Waals surface area contributed by atoms with Crippen molar-refractivity contribution in [1.29, 1.82) is 0 Å². The molecule has 1 saturated carbocycles. The molecule has 0 atom stereocenters. The molecule has 1 fully saturated rings. The first kappa shape index (κ1) is 14.9. The summed E-state index contributed by atoms with van der Waals surface area (Å²) >= 11 is 0. The molecular formula is C13H16FNO4S. The minimum absolute atomic E-state index is 0.0943. The van der Waals surface area contributed by atoms with Gasteiger partial charge in [-0.15, -0.1) is 0 Å². The predicted octanol–water partition coefficient (Wildman–Crippen LogP) is 1.15. The first-order chi connectivity index (χ1) is 9.37. The molecule has 0 radical (unpaired) electrons. The Kier molecular flexibility index (Phi) is 4.39. The van der Waals surface area contributed by atoms with Gasteiger partial charge < -0.3 is 5.11 Å². The molecule has 0 bridgehead atoms. The molecule has 2 N–H and O–H groups in total. The van der Waals surface area contributed by atoms with Crippen molar-refractivity contribution in [3.63, 3.8) is 0 Å². The lowest BCUT2D eigenvalue weighted by molar-refractivity contribution is -0.145. The van der Waals surface area contributed by atoms with Crippen LogP contribution in [0, 0.1) is 11.7 Å². The fourth-order valence-electron chi connectivity index (χ4n) is 2.17. The number of carboxylic acids is 1. The van der Waals surface area contributed by atoms with Gasteiger partial charge in [0.05, 0.1) is 11.7 Å². The minimum Gasteiger partial charge on any atom is -0.481 e. The lowest BCUT2D eigenvalue weighted by Gasteiger charge is -2.32. The van der Waals surface area contributed by atoms with E-state index in [9.17, 15) is 17.6 Å². The highest BCUT2D eigenvalue weighted by Crippen LogP contribution is 2.28. The van der Waals surface area contributed by atoms with Crippen molar-refractivity contribution in [2.75, 3.05) is 5.75 Å². The molecule has 1 aromatic carbocycles. The molecule has 1 aromatic rings. The number of aryl methyl sites for hydroxylation is 1. The molecule has 0 unspecified atom stereocenters. The third-order valence-corrected chi connectivity index (χ3v) is 4.87. The monoisotopic (exact) mass is 301 g/mol. The van der Waals surface area contributed by atoms with E-state index in [4.69, 9.17) is 5.11 Å². The molecule has 110 valence electrons. The van der Waals surface area contributed by atoms with Crippen molar-refractivity contribution >= 4 is 16.0 Å². The van der Waals surface area contributed by atoms with E-state index >= 15 is 0 Å². The molecule has 0 spiro atoms. The number of aliphatic carboxylic acids is 1. The molecule has 1 aliphatic carbocycles. The Morgan fingerprint density at radius 3 is 2.60 bits per heavy atom. The van der Waals surface area contributed by atoms with Crippen molar-refractivity contribution in [3.05, 3.63) is 35.6 Å². The number of nitrogens with one attached hydrogen (secondary N) is 1. The fourth-order valence-corrected chi connectivity index (χ4v) is 3.48. The lowest BCUT2D eigenvalue weighted by atomic mass is 9.81. The molecule has 0 saturated heterocycles. The first-order valence-corrected chi connectivity index (χ1v) is 7.99. The summed E-state index contributed by atoms with van der Waals surface area (Å²) in [6, 6.07) is 5.73. The summed E-state index contributed by atoms with van der Waals surface area (Å²) in [6.45, 7) is 0. The van der Waals surface area contributed by atoms with Gasteiger partial charge in [0.2, 0.25) is 10.0 Å². The van der Waals surface area contributed by atoms with Crippen LogP contribution in [0.4, 0.5) is 4.39 Å². The van der Waals surface area contributed by atoms with Gasteiger partial charge in [0.25, 0.3) is 0 Å². The Balaban J connectivity index is 1.84. The Hall–Kier alpha value is -1.47. The van der Waals surface area contributed by atoms with E-state index in [1.54, 1.807) is 18.2 Å². The minimum atomic E-state index is -3.52. The number of rotatable bonds is 6. The number of hydrogen-bond donors (Lipinski definition) is 2. The highest BCUT2D eigenvalue weighted by Gasteiger charge is 2.36. The third kappa shape index (κ3) is 3.77. The van der Waals surface area contributed by atoms with Gasteiger partial charge in [-0.25, -0.2) is 17.5 Å². The summed E-state index contributed by atoms with van der Waals surface area (Å²) in [6.07, 6.45) is 0.722. The summed E-state index contributed by atoms with van der Waals surface area (Å²) in [7, 11) is -3.52.